The van der Waals surface area contributed by atoms with Crippen LogP contribution >= 0.6 is 11.8 Å². The van der Waals surface area contributed by atoms with Crippen molar-refractivity contribution >= 4 is 11.8 Å². The van der Waals surface area contributed by atoms with E-state index in [0.29, 0.717) is 5.25 Å². The molecule has 1 aliphatic carbocycles. The van der Waals surface area contributed by atoms with Crippen LogP contribution in [-0.2, 0) is 5.41 Å². The molecular weight excluding hydrogens is 238 g/mol. The topological polar surface area (TPSA) is 12.0 Å². The Morgan fingerprint density at radius 1 is 1.22 bits per heavy atom. The maximum atomic E-state index is 3.64. The van der Waals surface area contributed by atoms with Crippen LogP contribution in [0.5, 0.6) is 0 Å². The van der Waals surface area contributed by atoms with Gasteiger partial charge in [0.1, 0.15) is 0 Å². The van der Waals surface area contributed by atoms with Crippen molar-refractivity contribution in [1.82, 2.24) is 5.32 Å². The maximum absolute atomic E-state index is 3.64. The van der Waals surface area contributed by atoms with E-state index in [-0.39, 0.29) is 5.41 Å². The summed E-state index contributed by atoms with van der Waals surface area (Å²) in [5.74, 6) is 0. The lowest BCUT2D eigenvalue weighted by molar-refractivity contribution is 0.467. The number of thioether (sulfide) groups is 1. The van der Waals surface area contributed by atoms with Gasteiger partial charge >= 0.3 is 0 Å². The molecule has 0 radical (unpaired) electrons. The van der Waals surface area contributed by atoms with Gasteiger partial charge in [0.25, 0.3) is 0 Å². The van der Waals surface area contributed by atoms with Gasteiger partial charge in [0.15, 0.2) is 0 Å². The third-order valence-electron chi connectivity index (χ3n) is 3.42. The molecule has 0 aliphatic heterocycles. The van der Waals surface area contributed by atoms with Gasteiger partial charge in [-0.1, -0.05) is 39.8 Å². The van der Waals surface area contributed by atoms with Crippen molar-refractivity contribution < 1.29 is 0 Å². The Morgan fingerprint density at radius 3 is 2.33 bits per heavy atom. The van der Waals surface area contributed by atoms with E-state index < -0.39 is 0 Å². The number of rotatable bonds is 6. The molecule has 2 heteroatoms. The zero-order chi connectivity index (χ0) is 13.2. The molecule has 0 heterocycles. The average Bonchev–Trinajstić information content (AvgIpc) is 3.10. The van der Waals surface area contributed by atoms with Crippen molar-refractivity contribution in [2.75, 3.05) is 6.54 Å². The van der Waals surface area contributed by atoms with Gasteiger partial charge in [-0.2, -0.15) is 0 Å². The van der Waals surface area contributed by atoms with Crippen molar-refractivity contribution in [3.63, 3.8) is 0 Å². The molecular formula is C16H25NS. The second-order valence-corrected chi connectivity index (χ2v) is 7.88. The Labute approximate surface area is 116 Å². The first-order valence-electron chi connectivity index (χ1n) is 6.98. The summed E-state index contributed by atoms with van der Waals surface area (Å²) in [6.45, 7) is 10.2. The van der Waals surface area contributed by atoms with Crippen LogP contribution in [0.1, 0.15) is 46.1 Å². The van der Waals surface area contributed by atoms with Gasteiger partial charge < -0.3 is 5.32 Å². The first-order valence-corrected chi connectivity index (χ1v) is 7.86. The van der Waals surface area contributed by atoms with Gasteiger partial charge in [0, 0.05) is 28.1 Å². The molecule has 0 amide bonds. The van der Waals surface area contributed by atoms with Crippen LogP contribution in [0.2, 0.25) is 0 Å². The van der Waals surface area contributed by atoms with Crippen LogP contribution in [0, 0.1) is 0 Å². The third kappa shape index (κ3) is 4.03. The second-order valence-electron chi connectivity index (χ2n) is 6.23. The Bertz CT molecular complexity index is 377. The van der Waals surface area contributed by atoms with Gasteiger partial charge in [0.05, 0.1) is 0 Å². The standard InChI is InChI=1S/C16H25NS/c1-12(2)18-15-9-5-13(6-10-15)16(3,4)11-17-14-7-8-14/h5-6,9-10,12,14,17H,7-8,11H2,1-4H3. The van der Waals surface area contributed by atoms with Gasteiger partial charge in [-0.25, -0.2) is 0 Å². The smallest absolute Gasteiger partial charge is 0.00747 e. The molecule has 1 aliphatic rings. The predicted octanol–water partition coefficient (Wildman–Crippen LogP) is 4.22. The van der Waals surface area contributed by atoms with E-state index in [1.807, 2.05) is 11.8 Å². The summed E-state index contributed by atoms with van der Waals surface area (Å²) in [5.41, 5.74) is 1.66. The number of hydrogen-bond acceptors (Lipinski definition) is 2. The summed E-state index contributed by atoms with van der Waals surface area (Å²) in [6, 6.07) is 9.90. The summed E-state index contributed by atoms with van der Waals surface area (Å²) in [6.07, 6.45) is 2.72. The van der Waals surface area contributed by atoms with E-state index in [0.717, 1.165) is 12.6 Å². The molecule has 100 valence electrons. The zero-order valence-corrected chi connectivity index (χ0v) is 12.8. The number of benzene rings is 1. The fraction of sp³-hybridized carbons (Fsp3) is 0.625. The maximum Gasteiger partial charge on any atom is 0.00747 e. The molecule has 0 unspecified atom stereocenters. The third-order valence-corrected chi connectivity index (χ3v) is 4.43. The molecule has 1 aromatic rings. The largest absolute Gasteiger partial charge is 0.313 e. The minimum absolute atomic E-state index is 0.226. The summed E-state index contributed by atoms with van der Waals surface area (Å²) >= 11 is 1.93. The minimum Gasteiger partial charge on any atom is -0.313 e. The molecule has 1 saturated carbocycles. The van der Waals surface area contributed by atoms with Crippen LogP contribution < -0.4 is 5.32 Å². The van der Waals surface area contributed by atoms with E-state index in [4.69, 9.17) is 0 Å². The van der Waals surface area contributed by atoms with Crippen LogP contribution in [0.25, 0.3) is 0 Å². The quantitative estimate of drug-likeness (QED) is 0.771. The van der Waals surface area contributed by atoms with Crippen LogP contribution in [0.4, 0.5) is 0 Å². The van der Waals surface area contributed by atoms with Crippen molar-refractivity contribution in [2.45, 2.75) is 62.1 Å². The van der Waals surface area contributed by atoms with E-state index in [2.05, 4.69) is 57.3 Å². The van der Waals surface area contributed by atoms with Crippen molar-refractivity contribution in [3.05, 3.63) is 29.8 Å². The highest BCUT2D eigenvalue weighted by Gasteiger charge is 2.26. The van der Waals surface area contributed by atoms with E-state index in [9.17, 15) is 0 Å². The Kier molecular flexibility index (Phi) is 4.39. The van der Waals surface area contributed by atoms with Crippen LogP contribution in [0.15, 0.2) is 29.2 Å². The summed E-state index contributed by atoms with van der Waals surface area (Å²) in [7, 11) is 0. The van der Waals surface area contributed by atoms with Crippen LogP contribution in [0.3, 0.4) is 0 Å². The van der Waals surface area contributed by atoms with Gasteiger partial charge in [-0.15, -0.1) is 11.8 Å². The van der Waals surface area contributed by atoms with Crippen molar-refractivity contribution in [3.8, 4) is 0 Å². The average molecular weight is 263 g/mol. The minimum atomic E-state index is 0.226. The predicted molar refractivity (Wildman–Crippen MR) is 81.5 cm³/mol. The van der Waals surface area contributed by atoms with Crippen LogP contribution in [-0.4, -0.2) is 17.8 Å². The molecule has 0 bridgehead atoms. The molecule has 18 heavy (non-hydrogen) atoms. The Balaban J connectivity index is 1.97. The molecule has 1 N–H and O–H groups in total. The Morgan fingerprint density at radius 2 is 1.83 bits per heavy atom. The van der Waals surface area contributed by atoms with Gasteiger partial charge in [0.2, 0.25) is 0 Å². The fourth-order valence-corrected chi connectivity index (χ4v) is 2.88. The Hall–Kier alpha value is -0.470. The monoisotopic (exact) mass is 263 g/mol. The molecule has 0 spiro atoms. The lowest BCUT2D eigenvalue weighted by atomic mass is 9.84. The highest BCUT2D eigenvalue weighted by atomic mass is 32.2. The number of hydrogen-bond donors (Lipinski definition) is 1. The van der Waals surface area contributed by atoms with E-state index in [1.165, 1.54) is 23.3 Å². The highest BCUT2D eigenvalue weighted by molar-refractivity contribution is 7.99. The van der Waals surface area contributed by atoms with Gasteiger partial charge in [-0.05, 0) is 30.5 Å². The first-order chi connectivity index (χ1) is 8.47. The van der Waals surface area contributed by atoms with Gasteiger partial charge in [-0.3, -0.25) is 0 Å². The zero-order valence-electron chi connectivity index (χ0n) is 12.0. The molecule has 1 aromatic carbocycles. The SMILES string of the molecule is CC(C)Sc1ccc(C(C)(C)CNC2CC2)cc1. The molecule has 1 fully saturated rings. The molecule has 0 aromatic heterocycles. The van der Waals surface area contributed by atoms with E-state index >= 15 is 0 Å². The number of nitrogens with one attached hydrogen (secondary N) is 1. The summed E-state index contributed by atoms with van der Waals surface area (Å²) in [5, 5.41) is 4.29. The first kappa shape index (κ1) is 14.0. The molecule has 0 saturated heterocycles. The fourth-order valence-electron chi connectivity index (χ4n) is 2.05. The second kappa shape index (κ2) is 5.66. The summed E-state index contributed by atoms with van der Waals surface area (Å²) in [4.78, 5) is 1.37. The highest BCUT2D eigenvalue weighted by Crippen LogP contribution is 2.28. The molecule has 1 nitrogen and oxygen atoms in total. The normalized spacial score (nSPS) is 16.3. The molecule has 0 atom stereocenters. The van der Waals surface area contributed by atoms with E-state index in [1.54, 1.807) is 0 Å². The van der Waals surface area contributed by atoms with Crippen molar-refractivity contribution in [2.24, 2.45) is 0 Å². The lowest BCUT2D eigenvalue weighted by Gasteiger charge is -2.26. The molecule has 2 rings (SSSR count). The summed E-state index contributed by atoms with van der Waals surface area (Å²) < 4.78 is 0. The lowest BCUT2D eigenvalue weighted by Crippen LogP contribution is -2.34. The van der Waals surface area contributed by atoms with Crippen molar-refractivity contribution in [1.29, 1.82) is 0 Å².